The van der Waals surface area contributed by atoms with Crippen molar-refractivity contribution >= 4 is 12.2 Å². The molecule has 5 aliphatic rings. The van der Waals surface area contributed by atoms with Crippen molar-refractivity contribution in [3.63, 3.8) is 0 Å². The molecule has 6 atom stereocenters. The zero-order valence-corrected chi connectivity index (χ0v) is 32.6. The Morgan fingerprint density at radius 2 is 1.07 bits per heavy atom. The molecule has 2 aliphatic heterocycles. The van der Waals surface area contributed by atoms with Gasteiger partial charge in [0.15, 0.2) is 0 Å². The Labute approximate surface area is 318 Å². The SMILES string of the molecule is CC(C)(C)OC(=O)N1[C@@H]2CCC[C@@H]2C[C@H]1c1ncc(-c2ccc3c(c2)CCc2cc(-c4cnc([C@@H]5C[C@@H]6CCC[C@@H]6N5C(=O)OC(C)(C)C)[nH]4)ccc2-3)[nH]1. The molecular formula is C44H54N6O4. The number of fused-ring (bicyclic) bond motifs is 5. The molecule has 4 heterocycles. The summed E-state index contributed by atoms with van der Waals surface area (Å²) < 4.78 is 11.8. The smallest absolute Gasteiger partial charge is 0.411 e. The van der Waals surface area contributed by atoms with Gasteiger partial charge >= 0.3 is 12.2 Å². The lowest BCUT2D eigenvalue weighted by molar-refractivity contribution is 0.0120. The maximum Gasteiger partial charge on any atom is 0.411 e. The Balaban J connectivity index is 0.930. The Morgan fingerprint density at radius 3 is 1.48 bits per heavy atom. The van der Waals surface area contributed by atoms with Crippen molar-refractivity contribution < 1.29 is 19.1 Å². The van der Waals surface area contributed by atoms with Crippen LogP contribution in [-0.2, 0) is 22.3 Å². The topological polar surface area (TPSA) is 116 Å². The van der Waals surface area contributed by atoms with Gasteiger partial charge in [-0.25, -0.2) is 19.6 Å². The molecule has 4 aromatic rings. The highest BCUT2D eigenvalue weighted by Crippen LogP contribution is 2.49. The van der Waals surface area contributed by atoms with Gasteiger partial charge in [-0.2, -0.15) is 0 Å². The molecule has 3 aliphatic carbocycles. The van der Waals surface area contributed by atoms with Crippen molar-refractivity contribution in [1.82, 2.24) is 29.7 Å². The monoisotopic (exact) mass is 730 g/mol. The molecule has 10 nitrogen and oxygen atoms in total. The molecular weight excluding hydrogens is 677 g/mol. The second-order valence-electron chi connectivity index (χ2n) is 18.4. The lowest BCUT2D eigenvalue weighted by Gasteiger charge is -2.31. The first kappa shape index (κ1) is 35.1. The van der Waals surface area contributed by atoms with Crippen LogP contribution in [0.5, 0.6) is 0 Å². The first-order valence-electron chi connectivity index (χ1n) is 20.2. The number of aromatic nitrogens is 4. The van der Waals surface area contributed by atoms with Crippen LogP contribution in [0.3, 0.4) is 0 Å². The maximum absolute atomic E-state index is 13.4. The van der Waals surface area contributed by atoms with E-state index in [0.717, 1.165) is 98.4 Å². The zero-order valence-electron chi connectivity index (χ0n) is 32.6. The van der Waals surface area contributed by atoms with Crippen LogP contribution >= 0.6 is 0 Å². The molecule has 284 valence electrons. The number of benzene rings is 2. The summed E-state index contributed by atoms with van der Waals surface area (Å²) >= 11 is 0. The van der Waals surface area contributed by atoms with Crippen molar-refractivity contribution in [2.45, 2.75) is 141 Å². The lowest BCUT2D eigenvalue weighted by atomic mass is 9.83. The van der Waals surface area contributed by atoms with Crippen LogP contribution in [0.4, 0.5) is 9.59 Å². The van der Waals surface area contributed by atoms with Crippen molar-refractivity contribution in [2.75, 3.05) is 0 Å². The summed E-state index contributed by atoms with van der Waals surface area (Å²) in [4.78, 5) is 47.7. The second kappa shape index (κ2) is 13.0. The predicted molar refractivity (Wildman–Crippen MR) is 208 cm³/mol. The van der Waals surface area contributed by atoms with Gasteiger partial charge in [0.25, 0.3) is 0 Å². The van der Waals surface area contributed by atoms with E-state index in [1.54, 1.807) is 0 Å². The summed E-state index contributed by atoms with van der Waals surface area (Å²) in [6.45, 7) is 11.6. The third-order valence-electron chi connectivity index (χ3n) is 12.5. The van der Waals surface area contributed by atoms with Gasteiger partial charge < -0.3 is 19.4 Å². The van der Waals surface area contributed by atoms with Crippen LogP contribution in [0.2, 0.25) is 0 Å². The van der Waals surface area contributed by atoms with Gasteiger partial charge in [-0.15, -0.1) is 0 Å². The number of amides is 2. The Morgan fingerprint density at radius 1 is 0.648 bits per heavy atom. The lowest BCUT2D eigenvalue weighted by Crippen LogP contribution is -2.41. The van der Waals surface area contributed by atoms with Crippen LogP contribution < -0.4 is 0 Å². The summed E-state index contributed by atoms with van der Waals surface area (Å²) in [5.74, 6) is 2.68. The number of likely N-dealkylation sites (tertiary alicyclic amines) is 2. The van der Waals surface area contributed by atoms with E-state index in [4.69, 9.17) is 19.4 Å². The van der Waals surface area contributed by atoms with Gasteiger partial charge in [0.1, 0.15) is 22.9 Å². The fourth-order valence-electron chi connectivity index (χ4n) is 10.3. The number of nitrogens with zero attached hydrogens (tertiary/aromatic N) is 4. The number of hydrogen-bond donors (Lipinski definition) is 2. The molecule has 2 aromatic heterocycles. The summed E-state index contributed by atoms with van der Waals surface area (Å²) in [7, 11) is 0. The number of carbonyl (C=O) groups excluding carboxylic acids is 2. The number of carbonyl (C=O) groups is 2. The molecule has 9 rings (SSSR count). The molecule has 54 heavy (non-hydrogen) atoms. The quantitative estimate of drug-likeness (QED) is 0.216. The van der Waals surface area contributed by atoms with Crippen LogP contribution in [0.25, 0.3) is 33.6 Å². The molecule has 0 unspecified atom stereocenters. The van der Waals surface area contributed by atoms with Crippen LogP contribution in [0, 0.1) is 11.8 Å². The first-order valence-corrected chi connectivity index (χ1v) is 20.2. The number of aryl methyl sites for hydroxylation is 2. The Bertz CT molecular complexity index is 1940. The summed E-state index contributed by atoms with van der Waals surface area (Å²) in [6, 6.07) is 13.7. The average molecular weight is 731 g/mol. The van der Waals surface area contributed by atoms with E-state index >= 15 is 0 Å². The van der Waals surface area contributed by atoms with Crippen molar-refractivity contribution in [3.8, 4) is 33.6 Å². The molecule has 2 saturated carbocycles. The van der Waals surface area contributed by atoms with Gasteiger partial charge in [0.05, 0.1) is 35.9 Å². The van der Waals surface area contributed by atoms with E-state index in [1.807, 2.05) is 63.7 Å². The summed E-state index contributed by atoms with van der Waals surface area (Å²) in [5, 5.41) is 0. The fraction of sp³-hybridized carbons (Fsp3) is 0.545. The van der Waals surface area contributed by atoms with Crippen molar-refractivity contribution in [2.24, 2.45) is 11.8 Å². The summed E-state index contributed by atoms with van der Waals surface area (Å²) in [5.41, 5.74) is 8.26. The molecule has 0 spiro atoms. The van der Waals surface area contributed by atoms with Gasteiger partial charge in [-0.05, 0) is 150 Å². The van der Waals surface area contributed by atoms with E-state index in [0.29, 0.717) is 11.8 Å². The largest absolute Gasteiger partial charge is 0.444 e. The van der Waals surface area contributed by atoms with Crippen molar-refractivity contribution in [3.05, 3.63) is 71.6 Å². The van der Waals surface area contributed by atoms with Gasteiger partial charge in [-0.3, -0.25) is 9.80 Å². The third-order valence-corrected chi connectivity index (χ3v) is 12.5. The normalized spacial score (nSPS) is 26.0. The number of ether oxygens (including phenoxy) is 2. The minimum atomic E-state index is -0.542. The molecule has 0 bridgehead atoms. The van der Waals surface area contributed by atoms with Crippen LogP contribution in [0.1, 0.15) is 128 Å². The van der Waals surface area contributed by atoms with E-state index in [-0.39, 0.29) is 36.4 Å². The number of rotatable bonds is 4. The number of aromatic amines is 2. The van der Waals surface area contributed by atoms with Crippen LogP contribution in [0.15, 0.2) is 48.8 Å². The molecule has 0 radical (unpaired) electrons. The molecule has 10 heteroatoms. The third kappa shape index (κ3) is 6.39. The maximum atomic E-state index is 13.4. The Hall–Kier alpha value is -4.60. The number of imidazole rings is 2. The zero-order chi connectivity index (χ0) is 37.5. The highest BCUT2D eigenvalue weighted by Gasteiger charge is 2.50. The fourth-order valence-corrected chi connectivity index (χ4v) is 10.3. The highest BCUT2D eigenvalue weighted by atomic mass is 16.6. The second-order valence-corrected chi connectivity index (χ2v) is 18.4. The highest BCUT2D eigenvalue weighted by molar-refractivity contribution is 5.79. The van der Waals surface area contributed by atoms with Gasteiger partial charge in [-0.1, -0.05) is 37.1 Å². The van der Waals surface area contributed by atoms with Gasteiger partial charge in [0, 0.05) is 12.1 Å². The molecule has 2 aromatic carbocycles. The number of hydrogen-bond acceptors (Lipinski definition) is 6. The number of nitrogens with one attached hydrogen (secondary N) is 2. The van der Waals surface area contributed by atoms with Gasteiger partial charge in [0.2, 0.25) is 0 Å². The molecule has 2 saturated heterocycles. The van der Waals surface area contributed by atoms with E-state index in [2.05, 4.69) is 46.4 Å². The van der Waals surface area contributed by atoms with Crippen LogP contribution in [-0.4, -0.2) is 65.2 Å². The average Bonchev–Trinajstić information content (AvgIpc) is 3.94. The van der Waals surface area contributed by atoms with E-state index < -0.39 is 11.2 Å². The van der Waals surface area contributed by atoms with Crippen molar-refractivity contribution in [1.29, 1.82) is 0 Å². The minimum Gasteiger partial charge on any atom is -0.444 e. The minimum absolute atomic E-state index is 0.102. The first-order chi connectivity index (χ1) is 25.8. The van der Waals surface area contributed by atoms with E-state index in [1.165, 1.54) is 22.3 Å². The Kier molecular flexibility index (Phi) is 8.47. The number of H-pyrrole nitrogens is 2. The van der Waals surface area contributed by atoms with E-state index in [9.17, 15) is 9.59 Å². The standard InChI is InChI=1S/C44H54N6O4/c1-43(2,3)53-41(51)49-35-11-7-9-29(35)21-37(49)39-45-23-33(47-39)27-15-17-31-25(19-27)13-14-26-20-28(16-18-32(26)31)34-24-46-40(48-34)38-22-30-10-8-12-36(30)50(38)42(52)54-44(4,5)6/h15-20,23-24,29-30,35-38H,7-14,21-22H2,1-6H3,(H,45,47)(H,46,48)/t29-,30+,35-,36+,37-,38-/m0/s1. The molecule has 4 fully saturated rings. The summed E-state index contributed by atoms with van der Waals surface area (Å²) in [6.07, 6.45) is 13.8. The molecule has 2 amide bonds. The predicted octanol–water partition coefficient (Wildman–Crippen LogP) is 9.93. The molecule has 2 N–H and O–H groups in total.